The maximum Gasteiger partial charge on any atom is 0.123 e. The molecule has 84 valence electrons. The molecule has 0 bridgehead atoms. The molecular formula is C12H15N3O. The quantitative estimate of drug-likeness (QED) is 0.783. The van der Waals surface area contributed by atoms with Crippen LogP contribution in [0.3, 0.4) is 0 Å². The first-order valence-electron chi connectivity index (χ1n) is 5.08. The predicted molar refractivity (Wildman–Crippen MR) is 64.0 cm³/mol. The third-order valence-corrected chi connectivity index (χ3v) is 2.40. The SMILES string of the molecule is COc1cc(N)cc(-n2nc(C)cc2C)c1. The van der Waals surface area contributed by atoms with E-state index in [9.17, 15) is 0 Å². The highest BCUT2D eigenvalue weighted by Crippen LogP contribution is 2.22. The summed E-state index contributed by atoms with van der Waals surface area (Å²) in [6.07, 6.45) is 0. The summed E-state index contributed by atoms with van der Waals surface area (Å²) < 4.78 is 7.04. The van der Waals surface area contributed by atoms with Gasteiger partial charge in [-0.2, -0.15) is 5.10 Å². The molecule has 0 spiro atoms. The first-order valence-corrected chi connectivity index (χ1v) is 5.08. The molecule has 1 aromatic heterocycles. The van der Waals surface area contributed by atoms with Gasteiger partial charge in [-0.25, -0.2) is 4.68 Å². The smallest absolute Gasteiger partial charge is 0.123 e. The lowest BCUT2D eigenvalue weighted by atomic mass is 10.2. The van der Waals surface area contributed by atoms with Gasteiger partial charge in [0.1, 0.15) is 5.75 Å². The maximum absolute atomic E-state index is 5.81. The van der Waals surface area contributed by atoms with Crippen molar-refractivity contribution >= 4 is 5.69 Å². The zero-order valence-corrected chi connectivity index (χ0v) is 9.69. The third-order valence-electron chi connectivity index (χ3n) is 2.40. The van der Waals surface area contributed by atoms with Crippen molar-refractivity contribution in [1.29, 1.82) is 0 Å². The van der Waals surface area contributed by atoms with Gasteiger partial charge in [-0.3, -0.25) is 0 Å². The van der Waals surface area contributed by atoms with Crippen molar-refractivity contribution in [2.24, 2.45) is 0 Å². The van der Waals surface area contributed by atoms with E-state index in [1.54, 1.807) is 13.2 Å². The normalized spacial score (nSPS) is 10.4. The summed E-state index contributed by atoms with van der Waals surface area (Å²) in [6, 6.07) is 7.60. The number of nitrogens with two attached hydrogens (primary N) is 1. The van der Waals surface area contributed by atoms with Gasteiger partial charge in [-0.1, -0.05) is 0 Å². The van der Waals surface area contributed by atoms with E-state index in [0.29, 0.717) is 5.69 Å². The molecule has 0 amide bonds. The summed E-state index contributed by atoms with van der Waals surface area (Å²) in [6.45, 7) is 3.97. The molecule has 0 saturated heterocycles. The van der Waals surface area contributed by atoms with Gasteiger partial charge in [0.15, 0.2) is 0 Å². The molecule has 2 N–H and O–H groups in total. The summed E-state index contributed by atoms with van der Waals surface area (Å²) in [5.74, 6) is 0.738. The van der Waals surface area contributed by atoms with Crippen molar-refractivity contribution in [1.82, 2.24) is 9.78 Å². The van der Waals surface area contributed by atoms with Gasteiger partial charge in [0, 0.05) is 23.5 Å². The van der Waals surface area contributed by atoms with Gasteiger partial charge in [0.05, 0.1) is 18.5 Å². The molecule has 1 heterocycles. The molecular weight excluding hydrogens is 202 g/mol. The van der Waals surface area contributed by atoms with Crippen LogP contribution in [0.4, 0.5) is 5.69 Å². The predicted octanol–water partition coefficient (Wildman–Crippen LogP) is 2.08. The highest BCUT2D eigenvalue weighted by atomic mass is 16.5. The summed E-state index contributed by atoms with van der Waals surface area (Å²) in [5.41, 5.74) is 9.45. The molecule has 16 heavy (non-hydrogen) atoms. The molecule has 4 heteroatoms. The van der Waals surface area contributed by atoms with Crippen LogP contribution >= 0.6 is 0 Å². The zero-order chi connectivity index (χ0) is 11.7. The Morgan fingerprint density at radius 3 is 2.50 bits per heavy atom. The number of nitrogen functional groups attached to an aromatic ring is 1. The van der Waals surface area contributed by atoms with E-state index in [1.807, 2.05) is 36.7 Å². The van der Waals surface area contributed by atoms with Crippen LogP contribution in [0.15, 0.2) is 24.3 Å². The highest BCUT2D eigenvalue weighted by Gasteiger charge is 2.06. The summed E-state index contributed by atoms with van der Waals surface area (Å²) in [7, 11) is 1.62. The van der Waals surface area contributed by atoms with Crippen LogP contribution in [-0.4, -0.2) is 16.9 Å². The molecule has 0 atom stereocenters. The van der Waals surface area contributed by atoms with Gasteiger partial charge in [0.25, 0.3) is 0 Å². The lowest BCUT2D eigenvalue weighted by molar-refractivity contribution is 0.414. The monoisotopic (exact) mass is 217 g/mol. The second kappa shape index (κ2) is 3.89. The molecule has 0 radical (unpaired) electrons. The van der Waals surface area contributed by atoms with E-state index >= 15 is 0 Å². The Morgan fingerprint density at radius 1 is 1.19 bits per heavy atom. The first kappa shape index (κ1) is 10.5. The average Bonchev–Trinajstić information content (AvgIpc) is 2.57. The van der Waals surface area contributed by atoms with E-state index in [-0.39, 0.29) is 0 Å². The lowest BCUT2D eigenvalue weighted by Gasteiger charge is -2.08. The molecule has 0 fully saturated rings. The minimum absolute atomic E-state index is 0.668. The Balaban J connectivity index is 2.55. The number of rotatable bonds is 2. The third kappa shape index (κ3) is 1.86. The second-order valence-electron chi connectivity index (χ2n) is 3.80. The molecule has 4 nitrogen and oxygen atoms in total. The van der Waals surface area contributed by atoms with Crippen LogP contribution in [0.25, 0.3) is 5.69 Å². The Labute approximate surface area is 94.6 Å². The zero-order valence-electron chi connectivity index (χ0n) is 9.69. The van der Waals surface area contributed by atoms with E-state index in [2.05, 4.69) is 5.10 Å². The summed E-state index contributed by atoms with van der Waals surface area (Å²) in [5, 5.41) is 4.40. The fraction of sp³-hybridized carbons (Fsp3) is 0.250. The van der Waals surface area contributed by atoms with Crippen LogP contribution in [0, 0.1) is 13.8 Å². The topological polar surface area (TPSA) is 53.1 Å². The van der Waals surface area contributed by atoms with Crippen LogP contribution in [0.1, 0.15) is 11.4 Å². The fourth-order valence-electron chi connectivity index (χ4n) is 1.74. The standard InChI is InChI=1S/C12H15N3O/c1-8-4-9(2)15(14-8)11-5-10(13)6-12(7-11)16-3/h4-7H,13H2,1-3H3. The number of anilines is 1. The van der Waals surface area contributed by atoms with Gasteiger partial charge in [-0.05, 0) is 26.0 Å². The number of ether oxygens (including phenoxy) is 1. The van der Waals surface area contributed by atoms with Crippen LogP contribution in [0.2, 0.25) is 0 Å². The molecule has 0 aliphatic carbocycles. The van der Waals surface area contributed by atoms with Crippen molar-refractivity contribution < 1.29 is 4.74 Å². The number of hydrogen-bond acceptors (Lipinski definition) is 3. The van der Waals surface area contributed by atoms with E-state index in [4.69, 9.17) is 10.5 Å². The first-order chi connectivity index (χ1) is 7.60. The molecule has 0 unspecified atom stereocenters. The molecule has 1 aromatic carbocycles. The molecule has 0 saturated carbocycles. The number of aryl methyl sites for hydroxylation is 2. The number of nitrogens with zero attached hydrogens (tertiary/aromatic N) is 2. The number of hydrogen-bond donors (Lipinski definition) is 1. The van der Waals surface area contributed by atoms with Gasteiger partial charge < -0.3 is 10.5 Å². The van der Waals surface area contributed by atoms with Gasteiger partial charge >= 0.3 is 0 Å². The fourth-order valence-corrected chi connectivity index (χ4v) is 1.74. The van der Waals surface area contributed by atoms with Crippen molar-refractivity contribution in [3.8, 4) is 11.4 Å². The minimum atomic E-state index is 0.668. The lowest BCUT2D eigenvalue weighted by Crippen LogP contribution is -2.01. The summed E-state index contributed by atoms with van der Waals surface area (Å²) >= 11 is 0. The Kier molecular flexibility index (Phi) is 2.56. The van der Waals surface area contributed by atoms with E-state index < -0.39 is 0 Å². The van der Waals surface area contributed by atoms with Crippen LogP contribution in [-0.2, 0) is 0 Å². The largest absolute Gasteiger partial charge is 0.497 e. The molecule has 2 aromatic rings. The van der Waals surface area contributed by atoms with Gasteiger partial charge in [0.2, 0.25) is 0 Å². The Morgan fingerprint density at radius 2 is 1.94 bits per heavy atom. The van der Waals surface area contributed by atoms with Crippen molar-refractivity contribution in [3.63, 3.8) is 0 Å². The van der Waals surface area contributed by atoms with Crippen molar-refractivity contribution in [2.75, 3.05) is 12.8 Å². The Bertz CT molecular complexity index is 517. The van der Waals surface area contributed by atoms with Crippen LogP contribution < -0.4 is 10.5 Å². The number of benzene rings is 1. The molecule has 2 rings (SSSR count). The highest BCUT2D eigenvalue weighted by molar-refractivity contribution is 5.53. The van der Waals surface area contributed by atoms with Crippen molar-refractivity contribution in [2.45, 2.75) is 13.8 Å². The van der Waals surface area contributed by atoms with Gasteiger partial charge in [-0.15, -0.1) is 0 Å². The molecule has 0 aliphatic rings. The number of methoxy groups -OCH3 is 1. The number of aromatic nitrogens is 2. The Hall–Kier alpha value is -1.97. The van der Waals surface area contributed by atoms with Crippen molar-refractivity contribution in [3.05, 3.63) is 35.7 Å². The minimum Gasteiger partial charge on any atom is -0.497 e. The average molecular weight is 217 g/mol. The summed E-state index contributed by atoms with van der Waals surface area (Å²) in [4.78, 5) is 0. The molecule has 0 aliphatic heterocycles. The second-order valence-corrected chi connectivity index (χ2v) is 3.80. The van der Waals surface area contributed by atoms with E-state index in [1.165, 1.54) is 0 Å². The van der Waals surface area contributed by atoms with E-state index in [0.717, 1.165) is 22.8 Å². The maximum atomic E-state index is 5.81. The van der Waals surface area contributed by atoms with Crippen LogP contribution in [0.5, 0.6) is 5.75 Å².